The van der Waals surface area contributed by atoms with E-state index in [4.69, 9.17) is 20.1 Å². The van der Waals surface area contributed by atoms with E-state index in [-0.39, 0.29) is 0 Å². The van der Waals surface area contributed by atoms with Gasteiger partial charge in [0.15, 0.2) is 0 Å². The fraction of sp³-hybridized carbons (Fsp3) is 0.875. The zero-order chi connectivity index (χ0) is 10.5. The number of hydrogen-bond donors (Lipinski definition) is 3. The summed E-state index contributed by atoms with van der Waals surface area (Å²) < 4.78 is 4.77. The maximum atomic E-state index is 10.6. The van der Waals surface area contributed by atoms with Gasteiger partial charge in [-0.2, -0.15) is 0 Å². The molecule has 0 aliphatic carbocycles. The predicted molar refractivity (Wildman–Crippen MR) is 44.9 cm³/mol. The molecule has 0 spiro atoms. The first-order chi connectivity index (χ1) is 6.02. The number of carbonyl (C=O) groups is 1. The first-order valence-electron chi connectivity index (χ1n) is 4.02. The van der Waals surface area contributed by atoms with Crippen molar-refractivity contribution < 1.29 is 24.9 Å². The zero-order valence-electron chi connectivity index (χ0n) is 7.86. The lowest BCUT2D eigenvalue weighted by atomic mass is 9.85. The van der Waals surface area contributed by atoms with Crippen molar-refractivity contribution >= 4 is 5.97 Å². The number of esters is 1. The van der Waals surface area contributed by atoms with Crippen molar-refractivity contribution in [1.29, 1.82) is 0 Å². The van der Waals surface area contributed by atoms with Crippen LogP contribution in [0.4, 0.5) is 0 Å². The van der Waals surface area contributed by atoms with Crippen molar-refractivity contribution in [3.63, 3.8) is 0 Å². The minimum atomic E-state index is -1.16. The molecule has 0 aromatic heterocycles. The van der Waals surface area contributed by atoms with Crippen LogP contribution in [0.2, 0.25) is 0 Å². The minimum Gasteiger partial charge on any atom is -0.462 e. The number of aliphatic hydroxyl groups excluding tert-OH is 3. The van der Waals surface area contributed by atoms with Crippen LogP contribution >= 0.6 is 0 Å². The lowest BCUT2D eigenvalue weighted by Gasteiger charge is -2.32. The fourth-order valence-electron chi connectivity index (χ4n) is 0.910. The fourth-order valence-corrected chi connectivity index (χ4v) is 0.910. The predicted octanol–water partition coefficient (Wildman–Crippen LogP) is -1.10. The molecule has 13 heavy (non-hydrogen) atoms. The van der Waals surface area contributed by atoms with Crippen LogP contribution in [-0.4, -0.2) is 47.2 Å². The van der Waals surface area contributed by atoms with E-state index in [1.54, 1.807) is 0 Å². The monoisotopic (exact) mass is 192 g/mol. The molecule has 5 nitrogen and oxygen atoms in total. The SMILES string of the molecule is CC(=O)OC(C)C(CO)(CO)CO. The smallest absolute Gasteiger partial charge is 0.302 e. The number of hydrogen-bond acceptors (Lipinski definition) is 5. The van der Waals surface area contributed by atoms with Crippen LogP contribution in [-0.2, 0) is 9.53 Å². The third kappa shape index (κ3) is 2.95. The molecule has 0 aliphatic heterocycles. The summed E-state index contributed by atoms with van der Waals surface area (Å²) in [6, 6.07) is 0. The third-order valence-corrected chi connectivity index (χ3v) is 2.15. The molecule has 0 radical (unpaired) electrons. The minimum absolute atomic E-state index is 0.436. The summed E-state index contributed by atoms with van der Waals surface area (Å²) in [4.78, 5) is 10.6. The molecule has 1 atom stereocenters. The van der Waals surface area contributed by atoms with E-state index in [9.17, 15) is 4.79 Å². The summed E-state index contributed by atoms with van der Waals surface area (Å²) in [6.45, 7) is 1.44. The van der Waals surface area contributed by atoms with Gasteiger partial charge in [0.05, 0.1) is 25.2 Å². The molecule has 0 aliphatic rings. The average Bonchev–Trinajstić information content (AvgIpc) is 2.07. The summed E-state index contributed by atoms with van der Waals surface area (Å²) in [5.41, 5.74) is -1.16. The zero-order valence-corrected chi connectivity index (χ0v) is 7.86. The Labute approximate surface area is 77.0 Å². The van der Waals surface area contributed by atoms with E-state index in [0.29, 0.717) is 0 Å². The van der Waals surface area contributed by atoms with Crippen molar-refractivity contribution in [3.05, 3.63) is 0 Å². The Morgan fingerprint density at radius 3 is 1.92 bits per heavy atom. The van der Waals surface area contributed by atoms with Gasteiger partial charge in [-0.05, 0) is 6.92 Å². The Morgan fingerprint density at radius 1 is 1.31 bits per heavy atom. The Bertz CT molecular complexity index is 156. The second kappa shape index (κ2) is 5.16. The van der Waals surface area contributed by atoms with Crippen molar-refractivity contribution in [1.82, 2.24) is 0 Å². The molecular weight excluding hydrogens is 176 g/mol. The van der Waals surface area contributed by atoms with Crippen LogP contribution in [0.25, 0.3) is 0 Å². The molecule has 1 unspecified atom stereocenters. The van der Waals surface area contributed by atoms with Gasteiger partial charge in [-0.1, -0.05) is 0 Å². The van der Waals surface area contributed by atoms with E-state index in [0.717, 1.165) is 0 Å². The van der Waals surface area contributed by atoms with Gasteiger partial charge >= 0.3 is 5.97 Å². The van der Waals surface area contributed by atoms with Crippen LogP contribution in [0.5, 0.6) is 0 Å². The molecule has 78 valence electrons. The van der Waals surface area contributed by atoms with Gasteiger partial charge in [-0.25, -0.2) is 0 Å². The van der Waals surface area contributed by atoms with E-state index in [1.807, 2.05) is 0 Å². The molecule has 0 saturated carbocycles. The molecule has 0 heterocycles. The molecule has 0 aromatic rings. The highest BCUT2D eigenvalue weighted by atomic mass is 16.5. The Balaban J connectivity index is 4.43. The Kier molecular flexibility index (Phi) is 4.90. The van der Waals surface area contributed by atoms with Crippen LogP contribution in [0, 0.1) is 5.41 Å². The molecule has 0 aromatic carbocycles. The number of rotatable bonds is 5. The summed E-state index contributed by atoms with van der Waals surface area (Å²) in [5.74, 6) is -0.507. The summed E-state index contributed by atoms with van der Waals surface area (Å²) in [7, 11) is 0. The van der Waals surface area contributed by atoms with Crippen molar-refractivity contribution in [2.75, 3.05) is 19.8 Å². The second-order valence-electron chi connectivity index (χ2n) is 3.09. The third-order valence-electron chi connectivity index (χ3n) is 2.15. The standard InChI is InChI=1S/C8H16O5/c1-6(13-7(2)12)8(3-9,4-10)5-11/h6,9-11H,3-5H2,1-2H3. The van der Waals surface area contributed by atoms with Gasteiger partial charge in [0.1, 0.15) is 6.10 Å². The van der Waals surface area contributed by atoms with Gasteiger partial charge in [0, 0.05) is 6.92 Å². The van der Waals surface area contributed by atoms with Gasteiger partial charge in [0.25, 0.3) is 0 Å². The molecule has 0 amide bonds. The summed E-state index contributed by atoms with van der Waals surface area (Å²) in [5, 5.41) is 26.8. The molecule has 5 heteroatoms. The lowest BCUT2D eigenvalue weighted by molar-refractivity contribution is -0.160. The molecule has 0 rings (SSSR count). The maximum Gasteiger partial charge on any atom is 0.302 e. The molecule has 0 bridgehead atoms. The Morgan fingerprint density at radius 2 is 1.69 bits per heavy atom. The normalized spacial score (nSPS) is 13.9. The van der Waals surface area contributed by atoms with E-state index >= 15 is 0 Å². The van der Waals surface area contributed by atoms with E-state index in [1.165, 1.54) is 13.8 Å². The van der Waals surface area contributed by atoms with Crippen LogP contribution in [0.3, 0.4) is 0 Å². The van der Waals surface area contributed by atoms with Gasteiger partial charge < -0.3 is 20.1 Å². The lowest BCUT2D eigenvalue weighted by Crippen LogP contribution is -2.45. The summed E-state index contributed by atoms with van der Waals surface area (Å²) >= 11 is 0. The number of ether oxygens (including phenoxy) is 1. The van der Waals surface area contributed by atoms with Gasteiger partial charge in [-0.3, -0.25) is 4.79 Å². The topological polar surface area (TPSA) is 87.0 Å². The van der Waals surface area contributed by atoms with Crippen LogP contribution in [0.15, 0.2) is 0 Å². The quantitative estimate of drug-likeness (QED) is 0.481. The van der Waals surface area contributed by atoms with Crippen LogP contribution < -0.4 is 0 Å². The highest BCUT2D eigenvalue weighted by Crippen LogP contribution is 2.22. The number of carbonyl (C=O) groups excluding carboxylic acids is 1. The first kappa shape index (κ1) is 12.3. The highest BCUT2D eigenvalue weighted by Gasteiger charge is 2.36. The summed E-state index contributed by atoms with van der Waals surface area (Å²) in [6.07, 6.45) is -0.718. The molecule has 0 fully saturated rings. The van der Waals surface area contributed by atoms with Crippen molar-refractivity contribution in [3.8, 4) is 0 Å². The van der Waals surface area contributed by atoms with Gasteiger partial charge in [-0.15, -0.1) is 0 Å². The highest BCUT2D eigenvalue weighted by molar-refractivity contribution is 5.66. The van der Waals surface area contributed by atoms with E-state index in [2.05, 4.69) is 0 Å². The van der Waals surface area contributed by atoms with Crippen molar-refractivity contribution in [2.24, 2.45) is 5.41 Å². The van der Waals surface area contributed by atoms with E-state index < -0.39 is 37.3 Å². The maximum absolute atomic E-state index is 10.6. The average molecular weight is 192 g/mol. The van der Waals surface area contributed by atoms with Crippen LogP contribution in [0.1, 0.15) is 13.8 Å². The molecular formula is C8H16O5. The molecule has 0 saturated heterocycles. The first-order valence-corrected chi connectivity index (χ1v) is 4.02. The second-order valence-corrected chi connectivity index (χ2v) is 3.09. The Hall–Kier alpha value is -0.650. The largest absolute Gasteiger partial charge is 0.462 e. The number of aliphatic hydroxyl groups is 3. The van der Waals surface area contributed by atoms with Gasteiger partial charge in [0.2, 0.25) is 0 Å². The van der Waals surface area contributed by atoms with Crippen molar-refractivity contribution in [2.45, 2.75) is 20.0 Å². The molecule has 3 N–H and O–H groups in total.